The highest BCUT2D eigenvalue weighted by molar-refractivity contribution is 8.01. The molecule has 2 heterocycles. The average molecular weight is 406 g/mol. The van der Waals surface area contributed by atoms with Crippen LogP contribution in [0.4, 0.5) is 4.79 Å². The van der Waals surface area contributed by atoms with E-state index < -0.39 is 39.3 Å². The highest BCUT2D eigenvalue weighted by Crippen LogP contribution is 2.51. The Balaban J connectivity index is 2.00. The van der Waals surface area contributed by atoms with Crippen LogP contribution in [0.3, 0.4) is 0 Å². The number of nitrogens with zero attached hydrogens (tertiary/aromatic N) is 1. The van der Waals surface area contributed by atoms with Crippen molar-refractivity contribution in [3.05, 3.63) is 0 Å². The summed E-state index contributed by atoms with van der Waals surface area (Å²) in [6.45, 7) is 3.23. The summed E-state index contributed by atoms with van der Waals surface area (Å²) in [5, 5.41) is 2.05. The van der Waals surface area contributed by atoms with Crippen LogP contribution in [0, 0.1) is 0 Å². The van der Waals surface area contributed by atoms with Gasteiger partial charge in [-0.25, -0.2) is 9.59 Å². The van der Waals surface area contributed by atoms with Crippen molar-refractivity contribution in [1.82, 2.24) is 10.2 Å². The number of nitrogens with one attached hydrogen (secondary N) is 1. The van der Waals surface area contributed by atoms with Crippen molar-refractivity contribution in [2.24, 2.45) is 0 Å². The Kier molecular flexibility index (Phi) is 5.21. The van der Waals surface area contributed by atoms with Gasteiger partial charge in [0.25, 0.3) is 0 Å². The molecule has 11 heteroatoms. The molecule has 0 spiro atoms. The normalized spacial score (nSPS) is 28.7. The Morgan fingerprint density at radius 1 is 1.39 bits per heavy atom. The van der Waals surface area contributed by atoms with Gasteiger partial charge in [0, 0.05) is 4.75 Å². The Morgan fingerprint density at radius 2 is 2.00 bits per heavy atom. The van der Waals surface area contributed by atoms with E-state index >= 15 is 0 Å². The van der Waals surface area contributed by atoms with E-state index in [0.29, 0.717) is 0 Å². The molecule has 7 nitrogen and oxygen atoms in total. The quantitative estimate of drug-likeness (QED) is 0.437. The van der Waals surface area contributed by atoms with E-state index in [9.17, 15) is 14.4 Å². The molecule has 130 valence electrons. The van der Waals surface area contributed by atoms with Crippen LogP contribution in [-0.2, 0) is 19.1 Å². The summed E-state index contributed by atoms with van der Waals surface area (Å²) in [6, 6.07) is -1.50. The maximum absolute atomic E-state index is 12.3. The number of carbonyl (C=O) groups is 3. The van der Waals surface area contributed by atoms with Crippen LogP contribution in [0.1, 0.15) is 13.8 Å². The smallest absolute Gasteiger partial charge is 0.408 e. The zero-order valence-corrected chi connectivity index (χ0v) is 15.6. The van der Waals surface area contributed by atoms with Gasteiger partial charge in [-0.1, -0.05) is 34.8 Å². The molecule has 0 saturated carbocycles. The first-order valence-corrected chi connectivity index (χ1v) is 8.57. The molecule has 2 aliphatic rings. The summed E-state index contributed by atoms with van der Waals surface area (Å²) in [7, 11) is 1.27. The number of rotatable bonds is 3. The fourth-order valence-corrected chi connectivity index (χ4v) is 4.34. The molecule has 0 unspecified atom stereocenters. The molecular weight excluding hydrogens is 391 g/mol. The van der Waals surface area contributed by atoms with Crippen molar-refractivity contribution >= 4 is 64.5 Å². The number of alkyl carbamates (subject to hydrolysis) is 1. The number of esters is 1. The van der Waals surface area contributed by atoms with Gasteiger partial charge in [0.05, 0.1) is 7.11 Å². The summed E-state index contributed by atoms with van der Waals surface area (Å²) in [5.74, 6) is -0.870. The van der Waals surface area contributed by atoms with Crippen molar-refractivity contribution in [1.29, 1.82) is 0 Å². The van der Waals surface area contributed by atoms with Crippen LogP contribution in [0.15, 0.2) is 0 Å². The molecule has 2 saturated heterocycles. The molecular formula is C12H15Cl3N2O5S. The number of alkyl halides is 3. The van der Waals surface area contributed by atoms with Gasteiger partial charge in [-0.3, -0.25) is 4.79 Å². The molecule has 0 aliphatic carbocycles. The van der Waals surface area contributed by atoms with Gasteiger partial charge in [0.15, 0.2) is 0 Å². The van der Waals surface area contributed by atoms with Gasteiger partial charge < -0.3 is 19.7 Å². The molecule has 0 radical (unpaired) electrons. The number of fused-ring (bicyclic) bond motifs is 1. The minimum absolute atomic E-state index is 0.373. The first-order valence-electron chi connectivity index (χ1n) is 6.56. The third kappa shape index (κ3) is 3.75. The van der Waals surface area contributed by atoms with E-state index in [1.807, 2.05) is 13.8 Å². The van der Waals surface area contributed by atoms with E-state index in [1.54, 1.807) is 0 Å². The summed E-state index contributed by atoms with van der Waals surface area (Å²) < 4.78 is 7.23. The highest BCUT2D eigenvalue weighted by Gasteiger charge is 2.64. The number of thioether (sulfide) groups is 1. The molecule has 0 aromatic heterocycles. The van der Waals surface area contributed by atoms with Gasteiger partial charge in [0.1, 0.15) is 24.1 Å². The second-order valence-electron chi connectivity index (χ2n) is 5.60. The third-order valence-corrected chi connectivity index (χ3v) is 5.40. The van der Waals surface area contributed by atoms with Gasteiger partial charge in [-0.05, 0) is 13.8 Å². The van der Waals surface area contributed by atoms with E-state index in [1.165, 1.54) is 23.8 Å². The lowest BCUT2D eigenvalue weighted by atomic mass is 9.96. The number of ether oxygens (including phenoxy) is 2. The maximum atomic E-state index is 12.3. The molecule has 3 atom stereocenters. The van der Waals surface area contributed by atoms with Crippen molar-refractivity contribution in [3.8, 4) is 0 Å². The van der Waals surface area contributed by atoms with Crippen molar-refractivity contribution in [2.75, 3.05) is 13.7 Å². The molecule has 2 fully saturated rings. The molecule has 0 aromatic rings. The van der Waals surface area contributed by atoms with E-state index in [2.05, 4.69) is 5.32 Å². The van der Waals surface area contributed by atoms with Gasteiger partial charge in [-0.15, -0.1) is 11.8 Å². The van der Waals surface area contributed by atoms with Crippen LogP contribution in [0.25, 0.3) is 0 Å². The summed E-state index contributed by atoms with van der Waals surface area (Å²) >= 11 is 17.8. The highest BCUT2D eigenvalue weighted by atomic mass is 35.6. The molecule has 2 rings (SSSR count). The maximum Gasteiger partial charge on any atom is 0.408 e. The third-order valence-electron chi connectivity index (χ3n) is 3.51. The predicted molar refractivity (Wildman–Crippen MR) is 86.7 cm³/mol. The minimum atomic E-state index is -1.73. The Bertz CT molecular complexity index is 539. The van der Waals surface area contributed by atoms with Gasteiger partial charge in [0.2, 0.25) is 9.70 Å². The van der Waals surface area contributed by atoms with Gasteiger partial charge >= 0.3 is 12.1 Å². The molecule has 2 aliphatic heterocycles. The second-order valence-corrected chi connectivity index (χ2v) is 9.88. The lowest BCUT2D eigenvalue weighted by Crippen LogP contribution is -2.70. The Morgan fingerprint density at radius 3 is 2.52 bits per heavy atom. The molecule has 0 bridgehead atoms. The van der Waals surface area contributed by atoms with Crippen molar-refractivity contribution < 1.29 is 23.9 Å². The first kappa shape index (κ1) is 18.8. The van der Waals surface area contributed by atoms with Crippen molar-refractivity contribution in [2.45, 2.75) is 39.8 Å². The summed E-state index contributed by atoms with van der Waals surface area (Å²) in [4.78, 5) is 37.3. The Labute approximate surface area is 152 Å². The first-order chi connectivity index (χ1) is 10.5. The monoisotopic (exact) mass is 404 g/mol. The van der Waals surface area contributed by atoms with E-state index in [-0.39, 0.29) is 11.3 Å². The minimum Gasteiger partial charge on any atom is -0.467 e. The number of hydrogen-bond acceptors (Lipinski definition) is 6. The van der Waals surface area contributed by atoms with Gasteiger partial charge in [-0.2, -0.15) is 0 Å². The lowest BCUT2D eigenvalue weighted by Gasteiger charge is -2.43. The van der Waals surface area contributed by atoms with Crippen LogP contribution in [-0.4, -0.2) is 62.6 Å². The number of amides is 2. The zero-order valence-electron chi connectivity index (χ0n) is 12.5. The van der Waals surface area contributed by atoms with Crippen LogP contribution >= 0.6 is 46.6 Å². The summed E-state index contributed by atoms with van der Waals surface area (Å²) in [5.41, 5.74) is 0. The molecule has 1 N–H and O–H groups in total. The summed E-state index contributed by atoms with van der Waals surface area (Å²) in [6.07, 6.45) is -0.866. The molecule has 23 heavy (non-hydrogen) atoms. The lowest BCUT2D eigenvalue weighted by molar-refractivity contribution is -0.161. The SMILES string of the molecule is COC(=O)[C@@H]1N2C(=O)[C@@H](NC(=O)OCC(Cl)(Cl)Cl)[C@H]2SC1(C)C. The largest absolute Gasteiger partial charge is 0.467 e. The van der Waals surface area contributed by atoms with E-state index in [4.69, 9.17) is 44.3 Å². The fraction of sp³-hybridized carbons (Fsp3) is 0.750. The molecule has 0 aromatic carbocycles. The number of β-lactam (4-membered cyclic amide) rings is 1. The number of carbonyl (C=O) groups excluding carboxylic acids is 3. The standard InChI is InChI=1S/C12H15Cl3N2O5S/c1-11(2)6(9(19)21-3)17-7(18)5(8(17)23-11)16-10(20)22-4-12(13,14)15/h5-6,8H,4H2,1-3H3,(H,16,20)/t5-,6+,8-/m1/s1. The topological polar surface area (TPSA) is 84.9 Å². The second kappa shape index (κ2) is 6.38. The number of hydrogen-bond donors (Lipinski definition) is 1. The number of methoxy groups -OCH3 is 1. The number of halogens is 3. The fourth-order valence-electron chi connectivity index (χ4n) is 2.55. The molecule has 2 amide bonds. The van der Waals surface area contributed by atoms with Crippen LogP contribution in [0.2, 0.25) is 0 Å². The van der Waals surface area contributed by atoms with Crippen LogP contribution < -0.4 is 5.32 Å². The van der Waals surface area contributed by atoms with E-state index in [0.717, 1.165) is 0 Å². The average Bonchev–Trinajstić information content (AvgIpc) is 2.69. The zero-order chi connectivity index (χ0) is 17.6. The Hall–Kier alpha value is -0.570. The van der Waals surface area contributed by atoms with Crippen molar-refractivity contribution in [3.63, 3.8) is 0 Å². The predicted octanol–water partition coefficient (Wildman–Crippen LogP) is 1.69. The van der Waals surface area contributed by atoms with Crippen LogP contribution in [0.5, 0.6) is 0 Å².